The predicted molar refractivity (Wildman–Crippen MR) is 138 cm³/mol. The minimum absolute atomic E-state index is 0.0203. The van der Waals surface area contributed by atoms with Crippen molar-refractivity contribution in [3.05, 3.63) is 25.3 Å². The fraction of sp³-hybridized carbons (Fsp3) is 0.720. The summed E-state index contributed by atoms with van der Waals surface area (Å²) in [5.41, 5.74) is 0. The molecular formula is C25H37BrN2O5S. The van der Waals surface area contributed by atoms with E-state index in [-0.39, 0.29) is 40.5 Å². The molecule has 34 heavy (non-hydrogen) atoms. The van der Waals surface area contributed by atoms with Gasteiger partial charge in [0.15, 0.2) is 0 Å². The number of carbonyl (C=O) groups excluding carboxylic acids is 3. The second-order valence-electron chi connectivity index (χ2n) is 9.60. The first-order valence-corrected chi connectivity index (χ1v) is 14.0. The third-order valence-electron chi connectivity index (χ3n) is 7.13. The molecule has 9 heteroatoms. The molecule has 7 nitrogen and oxygen atoms in total. The summed E-state index contributed by atoms with van der Waals surface area (Å²) >= 11 is 5.38. The van der Waals surface area contributed by atoms with Crippen molar-refractivity contribution in [3.63, 3.8) is 0 Å². The lowest BCUT2D eigenvalue weighted by atomic mass is 9.71. The highest BCUT2D eigenvalue weighted by Gasteiger charge is 2.76. The van der Waals surface area contributed by atoms with Gasteiger partial charge in [-0.15, -0.1) is 24.9 Å². The lowest BCUT2D eigenvalue weighted by molar-refractivity contribution is -0.154. The number of likely N-dealkylation sites (tertiary alicyclic amines) is 1. The number of ether oxygens (including phenoxy) is 1. The van der Waals surface area contributed by atoms with E-state index in [0.717, 1.165) is 6.42 Å². The smallest absolute Gasteiger partial charge is 0.310 e. The van der Waals surface area contributed by atoms with Crippen molar-refractivity contribution in [2.45, 2.75) is 72.9 Å². The number of aliphatic hydroxyl groups is 1. The Morgan fingerprint density at radius 1 is 1.32 bits per heavy atom. The number of halogens is 1. The van der Waals surface area contributed by atoms with Crippen molar-refractivity contribution in [1.82, 2.24) is 9.80 Å². The summed E-state index contributed by atoms with van der Waals surface area (Å²) < 4.78 is 4.93. The van der Waals surface area contributed by atoms with E-state index >= 15 is 0 Å². The molecule has 0 aromatic heterocycles. The molecule has 3 saturated heterocycles. The number of amides is 2. The molecule has 2 amide bonds. The van der Waals surface area contributed by atoms with Crippen LogP contribution in [0.25, 0.3) is 0 Å². The predicted octanol–water partition coefficient (Wildman–Crippen LogP) is 3.16. The molecule has 0 saturated carbocycles. The molecular weight excluding hydrogens is 520 g/mol. The molecule has 0 aromatic rings. The maximum atomic E-state index is 14.0. The Hall–Kier alpha value is -1.32. The lowest BCUT2D eigenvalue weighted by Crippen LogP contribution is -2.56. The Bertz CT molecular complexity index is 808. The molecule has 6 atom stereocenters. The summed E-state index contributed by atoms with van der Waals surface area (Å²) in [4.78, 5) is 44.5. The van der Waals surface area contributed by atoms with Gasteiger partial charge in [-0.2, -0.15) is 0 Å². The minimum Gasteiger partial charge on any atom is -0.465 e. The highest BCUT2D eigenvalue weighted by atomic mass is 79.9. The average Bonchev–Trinajstić information content (AvgIpc) is 3.38. The summed E-state index contributed by atoms with van der Waals surface area (Å²) in [5.74, 6) is -1.74. The highest BCUT2D eigenvalue weighted by molar-refractivity contribution is 9.09. The van der Waals surface area contributed by atoms with Gasteiger partial charge in [0.2, 0.25) is 11.8 Å². The monoisotopic (exact) mass is 556 g/mol. The first kappa shape index (κ1) is 27.3. The fourth-order valence-electron chi connectivity index (χ4n) is 5.66. The van der Waals surface area contributed by atoms with Crippen LogP contribution in [0, 0.1) is 11.8 Å². The molecule has 3 fully saturated rings. The van der Waals surface area contributed by atoms with Crippen LogP contribution in [0.5, 0.6) is 0 Å². The molecule has 3 aliphatic rings. The number of hydrogen-bond donors (Lipinski definition) is 1. The Balaban J connectivity index is 1.96. The van der Waals surface area contributed by atoms with Crippen LogP contribution in [0.3, 0.4) is 0 Å². The zero-order valence-electron chi connectivity index (χ0n) is 20.2. The van der Waals surface area contributed by atoms with Gasteiger partial charge < -0.3 is 19.6 Å². The van der Waals surface area contributed by atoms with Crippen molar-refractivity contribution in [2.75, 3.05) is 26.3 Å². The molecule has 1 N–H and O–H groups in total. The van der Waals surface area contributed by atoms with Crippen LogP contribution in [-0.4, -0.2) is 85.9 Å². The number of nitrogens with zero attached hydrogens (tertiary/aromatic N) is 2. The molecule has 1 spiro atoms. The van der Waals surface area contributed by atoms with E-state index in [1.165, 1.54) is 0 Å². The number of esters is 1. The third kappa shape index (κ3) is 4.85. The van der Waals surface area contributed by atoms with Gasteiger partial charge in [-0.1, -0.05) is 28.1 Å². The summed E-state index contributed by atoms with van der Waals surface area (Å²) in [6.45, 7) is 12.5. The first-order chi connectivity index (χ1) is 16.2. The number of rotatable bonds is 13. The zero-order chi connectivity index (χ0) is 25.0. The number of unbranched alkanes of at least 4 members (excludes halogenated alkanes) is 2. The summed E-state index contributed by atoms with van der Waals surface area (Å²) in [6.07, 6.45) is 6.74. The Labute approximate surface area is 215 Å². The van der Waals surface area contributed by atoms with Crippen LogP contribution in [-0.2, 0) is 19.1 Å². The maximum Gasteiger partial charge on any atom is 0.310 e. The maximum absolute atomic E-state index is 14.0. The van der Waals surface area contributed by atoms with Gasteiger partial charge in [-0.25, -0.2) is 0 Å². The Kier molecular flexibility index (Phi) is 9.31. The SMILES string of the molecule is C=CCCCOC(=O)[C@H]1[C@@H]2SC3(CC2Br)C(C(=O)N(CC=C)C(C)C)N(CCCCO)C(=O)[C@H]13. The van der Waals surface area contributed by atoms with Gasteiger partial charge in [0.05, 0.1) is 23.2 Å². The standard InChI is InChI=1S/C25H37BrN2O5S/c1-5-7-10-14-33-24(32)18-19-22(30)28(12-8-9-13-29)21(23(31)27(11-6-2)16(3)4)25(19)15-17(26)20(18)34-25/h5-6,16-21,29H,1-2,7-15H2,3-4H3/t17?,18-,19+,20-,21?,25?/m1/s1. The number of hydrogen-bond acceptors (Lipinski definition) is 6. The largest absolute Gasteiger partial charge is 0.465 e. The molecule has 3 aliphatic heterocycles. The van der Waals surface area contributed by atoms with Crippen LogP contribution in [0.4, 0.5) is 0 Å². The number of aliphatic hydroxyl groups excluding tert-OH is 1. The van der Waals surface area contributed by atoms with Crippen LogP contribution >= 0.6 is 27.7 Å². The van der Waals surface area contributed by atoms with Crippen LogP contribution < -0.4 is 0 Å². The molecule has 3 rings (SSSR count). The molecule has 0 aliphatic carbocycles. The third-order valence-corrected chi connectivity index (χ3v) is 10.4. The van der Waals surface area contributed by atoms with E-state index in [9.17, 15) is 19.5 Å². The van der Waals surface area contributed by atoms with Crippen LogP contribution in [0.1, 0.15) is 46.0 Å². The molecule has 190 valence electrons. The van der Waals surface area contributed by atoms with Crippen molar-refractivity contribution in [3.8, 4) is 0 Å². The van der Waals surface area contributed by atoms with E-state index in [0.29, 0.717) is 45.4 Å². The normalized spacial score (nSPS) is 31.6. The van der Waals surface area contributed by atoms with E-state index in [2.05, 4.69) is 29.1 Å². The summed E-state index contributed by atoms with van der Waals surface area (Å²) in [7, 11) is 0. The van der Waals surface area contributed by atoms with E-state index in [1.807, 2.05) is 13.8 Å². The molecule has 3 heterocycles. The number of thioether (sulfide) groups is 1. The van der Waals surface area contributed by atoms with Gasteiger partial charge in [0, 0.05) is 35.8 Å². The Morgan fingerprint density at radius 3 is 2.68 bits per heavy atom. The number of fused-ring (bicyclic) bond motifs is 1. The number of carbonyl (C=O) groups is 3. The number of alkyl halides is 1. The van der Waals surface area contributed by atoms with Crippen molar-refractivity contribution < 1.29 is 24.2 Å². The van der Waals surface area contributed by atoms with E-state index in [4.69, 9.17) is 4.74 Å². The zero-order valence-corrected chi connectivity index (χ0v) is 22.6. The topological polar surface area (TPSA) is 87.2 Å². The number of allylic oxidation sites excluding steroid dienone is 1. The second-order valence-corrected chi connectivity index (χ2v) is 12.3. The van der Waals surface area contributed by atoms with Gasteiger partial charge in [-0.3, -0.25) is 14.4 Å². The van der Waals surface area contributed by atoms with Gasteiger partial charge in [0.1, 0.15) is 6.04 Å². The average molecular weight is 558 g/mol. The van der Waals surface area contributed by atoms with E-state index < -0.39 is 22.6 Å². The van der Waals surface area contributed by atoms with Crippen LogP contribution in [0.15, 0.2) is 25.3 Å². The van der Waals surface area contributed by atoms with Crippen molar-refractivity contribution >= 4 is 45.5 Å². The highest BCUT2D eigenvalue weighted by Crippen LogP contribution is 2.68. The molecule has 2 bridgehead atoms. The quantitative estimate of drug-likeness (QED) is 0.162. The van der Waals surface area contributed by atoms with E-state index in [1.54, 1.807) is 33.7 Å². The van der Waals surface area contributed by atoms with Crippen molar-refractivity contribution in [2.24, 2.45) is 11.8 Å². The second kappa shape index (κ2) is 11.6. The molecule has 3 unspecified atom stereocenters. The first-order valence-electron chi connectivity index (χ1n) is 12.2. The van der Waals surface area contributed by atoms with Gasteiger partial charge in [0.25, 0.3) is 0 Å². The summed E-state index contributed by atoms with van der Waals surface area (Å²) in [5, 5.41) is 9.17. The molecule has 0 aromatic carbocycles. The Morgan fingerprint density at radius 2 is 2.06 bits per heavy atom. The lowest BCUT2D eigenvalue weighted by Gasteiger charge is -2.39. The van der Waals surface area contributed by atoms with Gasteiger partial charge >= 0.3 is 5.97 Å². The molecule has 0 radical (unpaired) electrons. The van der Waals surface area contributed by atoms with Gasteiger partial charge in [-0.05, 0) is 46.0 Å². The fourth-order valence-corrected chi connectivity index (χ4v) is 9.26. The minimum atomic E-state index is -0.675. The van der Waals surface area contributed by atoms with Crippen LogP contribution in [0.2, 0.25) is 0 Å². The summed E-state index contributed by atoms with van der Waals surface area (Å²) in [6, 6.07) is -0.705. The van der Waals surface area contributed by atoms with Crippen molar-refractivity contribution in [1.29, 1.82) is 0 Å².